The van der Waals surface area contributed by atoms with Crippen LogP contribution in [0, 0.1) is 0 Å². The number of rotatable bonds is 8. The predicted octanol–water partition coefficient (Wildman–Crippen LogP) is 4.21. The van der Waals surface area contributed by atoms with Gasteiger partial charge < -0.3 is 19.5 Å². The molecule has 3 rings (SSSR count). The van der Waals surface area contributed by atoms with Gasteiger partial charge in [-0.25, -0.2) is 0 Å². The molecule has 0 aromatic heterocycles. The molecule has 5 nitrogen and oxygen atoms in total. The van der Waals surface area contributed by atoms with Gasteiger partial charge in [-0.3, -0.25) is 4.79 Å². The van der Waals surface area contributed by atoms with E-state index in [1.165, 1.54) is 0 Å². The summed E-state index contributed by atoms with van der Waals surface area (Å²) in [5, 5.41) is 2.95. The maximum atomic E-state index is 12.6. The zero-order valence-electron chi connectivity index (χ0n) is 16.0. The van der Waals surface area contributed by atoms with E-state index in [9.17, 15) is 4.79 Å². The van der Waals surface area contributed by atoms with E-state index in [0.29, 0.717) is 30.2 Å². The summed E-state index contributed by atoms with van der Waals surface area (Å²) in [6.07, 6.45) is 0. The predicted molar refractivity (Wildman–Crippen MR) is 108 cm³/mol. The minimum Gasteiger partial charge on any atom is -0.497 e. The second kappa shape index (κ2) is 9.46. The summed E-state index contributed by atoms with van der Waals surface area (Å²) in [5.41, 5.74) is 2.51. The molecule has 144 valence electrons. The van der Waals surface area contributed by atoms with Crippen molar-refractivity contribution in [2.75, 3.05) is 14.2 Å². The van der Waals surface area contributed by atoms with Gasteiger partial charge in [-0.2, -0.15) is 0 Å². The molecule has 0 aliphatic heterocycles. The van der Waals surface area contributed by atoms with Crippen LogP contribution < -0.4 is 19.5 Å². The van der Waals surface area contributed by atoms with Gasteiger partial charge in [0.15, 0.2) is 0 Å². The van der Waals surface area contributed by atoms with Crippen molar-refractivity contribution in [1.82, 2.24) is 5.32 Å². The fourth-order valence-corrected chi connectivity index (χ4v) is 2.76. The molecule has 0 bridgehead atoms. The average Bonchev–Trinajstić information content (AvgIpc) is 2.76. The topological polar surface area (TPSA) is 56.8 Å². The highest BCUT2D eigenvalue weighted by atomic mass is 16.5. The van der Waals surface area contributed by atoms with Gasteiger partial charge in [-0.05, 0) is 35.4 Å². The Labute approximate surface area is 164 Å². The van der Waals surface area contributed by atoms with Gasteiger partial charge in [0.1, 0.15) is 23.9 Å². The van der Waals surface area contributed by atoms with E-state index in [0.717, 1.165) is 16.9 Å². The molecule has 0 atom stereocenters. The number of ether oxygens (including phenoxy) is 3. The van der Waals surface area contributed by atoms with Crippen molar-refractivity contribution in [3.05, 3.63) is 89.5 Å². The Hall–Kier alpha value is -3.47. The Morgan fingerprint density at radius 3 is 2.04 bits per heavy atom. The summed E-state index contributed by atoms with van der Waals surface area (Å²) in [6, 6.07) is 22.6. The molecule has 0 spiro atoms. The number of nitrogens with one attached hydrogen (secondary N) is 1. The van der Waals surface area contributed by atoms with Crippen LogP contribution in [0.15, 0.2) is 72.8 Å². The number of amides is 1. The fourth-order valence-electron chi connectivity index (χ4n) is 2.76. The summed E-state index contributed by atoms with van der Waals surface area (Å²) in [4.78, 5) is 12.6. The lowest BCUT2D eigenvalue weighted by Crippen LogP contribution is -2.23. The molecule has 0 unspecified atom stereocenters. The van der Waals surface area contributed by atoms with Crippen LogP contribution in [0.2, 0.25) is 0 Å². The van der Waals surface area contributed by atoms with E-state index in [2.05, 4.69) is 5.32 Å². The first-order valence-electron chi connectivity index (χ1n) is 8.95. The van der Waals surface area contributed by atoms with Crippen LogP contribution in [-0.2, 0) is 13.2 Å². The number of methoxy groups -OCH3 is 2. The van der Waals surface area contributed by atoms with E-state index in [1.807, 2.05) is 54.6 Å². The van der Waals surface area contributed by atoms with Crippen molar-refractivity contribution >= 4 is 5.91 Å². The van der Waals surface area contributed by atoms with Crippen LogP contribution in [0.4, 0.5) is 0 Å². The molecule has 0 aliphatic carbocycles. The van der Waals surface area contributed by atoms with Crippen LogP contribution in [0.25, 0.3) is 0 Å². The lowest BCUT2D eigenvalue weighted by Gasteiger charge is -2.13. The first-order valence-corrected chi connectivity index (χ1v) is 8.95. The van der Waals surface area contributed by atoms with E-state index < -0.39 is 0 Å². The van der Waals surface area contributed by atoms with Crippen molar-refractivity contribution in [2.24, 2.45) is 0 Å². The quantitative estimate of drug-likeness (QED) is 0.639. The molecule has 1 amide bonds. The summed E-state index contributed by atoms with van der Waals surface area (Å²) >= 11 is 0. The molecule has 0 fully saturated rings. The highest BCUT2D eigenvalue weighted by Gasteiger charge is 2.11. The molecule has 0 radical (unpaired) electrons. The molecular weight excluding hydrogens is 354 g/mol. The first-order chi connectivity index (χ1) is 13.7. The van der Waals surface area contributed by atoms with Crippen LogP contribution in [0.5, 0.6) is 17.2 Å². The Morgan fingerprint density at radius 1 is 0.786 bits per heavy atom. The van der Waals surface area contributed by atoms with Gasteiger partial charge in [0.2, 0.25) is 0 Å². The Morgan fingerprint density at radius 2 is 1.39 bits per heavy atom. The second-order valence-corrected chi connectivity index (χ2v) is 6.15. The number of carbonyl (C=O) groups excluding carboxylic acids is 1. The Bertz CT molecular complexity index is 903. The summed E-state index contributed by atoms with van der Waals surface area (Å²) in [7, 11) is 3.11. The molecule has 28 heavy (non-hydrogen) atoms. The summed E-state index contributed by atoms with van der Waals surface area (Å²) in [5.74, 6) is 1.75. The van der Waals surface area contributed by atoms with Crippen LogP contribution in [0.3, 0.4) is 0 Å². The average molecular weight is 377 g/mol. The van der Waals surface area contributed by atoms with Crippen molar-refractivity contribution < 1.29 is 19.0 Å². The fraction of sp³-hybridized carbons (Fsp3) is 0.174. The lowest BCUT2D eigenvalue weighted by atomic mass is 10.1. The molecule has 5 heteroatoms. The van der Waals surface area contributed by atoms with Gasteiger partial charge in [-0.1, -0.05) is 42.5 Å². The Balaban J connectivity index is 1.67. The van der Waals surface area contributed by atoms with E-state index in [4.69, 9.17) is 14.2 Å². The third-order valence-corrected chi connectivity index (χ3v) is 4.31. The van der Waals surface area contributed by atoms with Gasteiger partial charge in [-0.15, -0.1) is 0 Å². The van der Waals surface area contributed by atoms with Gasteiger partial charge >= 0.3 is 0 Å². The maximum absolute atomic E-state index is 12.6. The van der Waals surface area contributed by atoms with Crippen molar-refractivity contribution in [2.45, 2.75) is 13.2 Å². The first kappa shape index (κ1) is 19.3. The lowest BCUT2D eigenvalue weighted by molar-refractivity contribution is 0.0950. The highest BCUT2D eigenvalue weighted by Crippen LogP contribution is 2.22. The van der Waals surface area contributed by atoms with Crippen molar-refractivity contribution in [3.8, 4) is 17.2 Å². The molecule has 3 aromatic carbocycles. The molecule has 0 saturated carbocycles. The van der Waals surface area contributed by atoms with E-state index in [1.54, 1.807) is 32.4 Å². The third kappa shape index (κ3) is 5.04. The van der Waals surface area contributed by atoms with Crippen LogP contribution >= 0.6 is 0 Å². The second-order valence-electron chi connectivity index (χ2n) is 6.15. The standard InChI is InChI=1S/C23H23NO4/c1-26-21-12-19(13-22(14-21)27-2)23(25)24-15-17-8-6-7-9-18(17)16-28-20-10-4-3-5-11-20/h3-14H,15-16H2,1-2H3,(H,24,25). The zero-order valence-corrected chi connectivity index (χ0v) is 16.0. The summed E-state index contributed by atoms with van der Waals surface area (Å²) in [6.45, 7) is 0.829. The number of carbonyl (C=O) groups is 1. The number of hydrogen-bond donors (Lipinski definition) is 1. The van der Waals surface area contributed by atoms with Crippen LogP contribution in [0.1, 0.15) is 21.5 Å². The number of hydrogen-bond acceptors (Lipinski definition) is 4. The molecule has 0 heterocycles. The van der Waals surface area contributed by atoms with E-state index in [-0.39, 0.29) is 5.91 Å². The molecule has 1 N–H and O–H groups in total. The van der Waals surface area contributed by atoms with Gasteiger partial charge in [0.05, 0.1) is 14.2 Å². The van der Waals surface area contributed by atoms with Crippen molar-refractivity contribution in [1.29, 1.82) is 0 Å². The van der Waals surface area contributed by atoms with Crippen molar-refractivity contribution in [3.63, 3.8) is 0 Å². The molecule has 0 saturated heterocycles. The Kier molecular flexibility index (Phi) is 6.52. The van der Waals surface area contributed by atoms with Crippen LogP contribution in [-0.4, -0.2) is 20.1 Å². The normalized spacial score (nSPS) is 10.2. The van der Waals surface area contributed by atoms with E-state index >= 15 is 0 Å². The largest absolute Gasteiger partial charge is 0.497 e. The number of benzene rings is 3. The summed E-state index contributed by atoms with van der Waals surface area (Å²) < 4.78 is 16.3. The smallest absolute Gasteiger partial charge is 0.251 e. The highest BCUT2D eigenvalue weighted by molar-refractivity contribution is 5.95. The van der Waals surface area contributed by atoms with Gasteiger partial charge in [0.25, 0.3) is 5.91 Å². The van der Waals surface area contributed by atoms with Gasteiger partial charge in [0, 0.05) is 18.2 Å². The minimum atomic E-state index is -0.198. The zero-order chi connectivity index (χ0) is 19.8. The maximum Gasteiger partial charge on any atom is 0.251 e. The molecular formula is C23H23NO4. The molecule has 3 aromatic rings. The molecule has 0 aliphatic rings. The SMILES string of the molecule is COc1cc(OC)cc(C(=O)NCc2ccccc2COc2ccccc2)c1. The monoisotopic (exact) mass is 377 g/mol. The third-order valence-electron chi connectivity index (χ3n) is 4.31. The minimum absolute atomic E-state index is 0.198. The number of para-hydroxylation sites is 1.